The summed E-state index contributed by atoms with van der Waals surface area (Å²) in [6.45, 7) is -0.224. The van der Waals surface area contributed by atoms with Gasteiger partial charge in [0.05, 0.1) is 6.61 Å². The highest BCUT2D eigenvalue weighted by Crippen LogP contribution is 2.50. The molecular weight excluding hydrogens is 217 g/mol. The van der Waals surface area contributed by atoms with Gasteiger partial charge in [0.1, 0.15) is 0 Å². The number of phosphoric ester groups is 1. The van der Waals surface area contributed by atoms with Crippen molar-refractivity contribution in [2.24, 2.45) is 0 Å². The van der Waals surface area contributed by atoms with Crippen molar-refractivity contribution in [1.82, 2.24) is 0 Å². The lowest BCUT2D eigenvalue weighted by Gasteiger charge is -2.00. The van der Waals surface area contributed by atoms with Crippen LogP contribution in [0, 0.1) is 0 Å². The number of phosphoric acid groups is 1. The van der Waals surface area contributed by atoms with Gasteiger partial charge in [0.15, 0.2) is 0 Å². The first-order chi connectivity index (χ1) is 4.98. The molecule has 66 valence electrons. The summed E-state index contributed by atoms with van der Waals surface area (Å²) in [7, 11) is -7.52. The molecule has 0 fully saturated rings. The largest absolute Gasteiger partial charge is 0.705 e. The fourth-order valence-corrected chi connectivity index (χ4v) is 1.66. The maximum Gasteiger partial charge on any atom is 0.705 e. The third-order valence-corrected chi connectivity index (χ3v) is 2.55. The summed E-state index contributed by atoms with van der Waals surface area (Å²) in [6.07, 6.45) is 0. The van der Waals surface area contributed by atoms with Gasteiger partial charge in [-0.15, -0.1) is 16.5 Å². The van der Waals surface area contributed by atoms with Crippen LogP contribution < -0.4 is 0 Å². The summed E-state index contributed by atoms with van der Waals surface area (Å²) in [5.74, 6) is -0.00385. The molecule has 11 heavy (non-hydrogen) atoms. The van der Waals surface area contributed by atoms with Crippen LogP contribution in [0.25, 0.3) is 0 Å². The molecule has 0 spiro atoms. The SMILES string of the molecule is O=[P+](O)OP(=O)(O)OCCCl. The Labute approximate surface area is 68.7 Å². The normalized spacial score (nSPS) is 17.5. The molecule has 9 heteroatoms. The zero-order chi connectivity index (χ0) is 8.91. The minimum atomic E-state index is -4.38. The second-order valence-electron chi connectivity index (χ2n) is 1.31. The lowest BCUT2D eigenvalue weighted by molar-refractivity contribution is 0.210. The molecule has 0 saturated carbocycles. The van der Waals surface area contributed by atoms with E-state index in [2.05, 4.69) is 8.83 Å². The molecule has 6 nitrogen and oxygen atoms in total. The Morgan fingerprint density at radius 3 is 2.55 bits per heavy atom. The van der Waals surface area contributed by atoms with Crippen LogP contribution in [0.4, 0.5) is 0 Å². The first kappa shape index (κ1) is 11.5. The Balaban J connectivity index is 3.80. The van der Waals surface area contributed by atoms with Gasteiger partial charge in [-0.05, 0) is 4.31 Å². The average molecular weight is 223 g/mol. The van der Waals surface area contributed by atoms with E-state index in [-0.39, 0.29) is 12.5 Å². The van der Waals surface area contributed by atoms with Crippen molar-refractivity contribution in [3.05, 3.63) is 0 Å². The Morgan fingerprint density at radius 1 is 1.64 bits per heavy atom. The van der Waals surface area contributed by atoms with Crippen LogP contribution in [0.3, 0.4) is 0 Å². The summed E-state index contributed by atoms with van der Waals surface area (Å²) >= 11 is 5.10. The maximum atomic E-state index is 10.5. The fourth-order valence-electron chi connectivity index (χ4n) is 0.262. The molecule has 0 amide bonds. The average Bonchev–Trinajstić information content (AvgIpc) is 1.81. The molecule has 2 unspecified atom stereocenters. The fraction of sp³-hybridized carbons (Fsp3) is 1.00. The Kier molecular flexibility index (Phi) is 5.38. The zero-order valence-corrected chi connectivity index (χ0v) is 7.76. The molecule has 0 aliphatic rings. The monoisotopic (exact) mass is 223 g/mol. The van der Waals surface area contributed by atoms with Crippen molar-refractivity contribution in [1.29, 1.82) is 0 Å². The summed E-state index contributed by atoms with van der Waals surface area (Å²) in [5.41, 5.74) is 0. The number of halogens is 1. The molecule has 0 radical (unpaired) electrons. The molecule has 2 N–H and O–H groups in total. The van der Waals surface area contributed by atoms with Crippen molar-refractivity contribution in [3.63, 3.8) is 0 Å². The van der Waals surface area contributed by atoms with Gasteiger partial charge in [0.25, 0.3) is 0 Å². The van der Waals surface area contributed by atoms with Crippen LogP contribution in [-0.2, 0) is 18.0 Å². The van der Waals surface area contributed by atoms with Gasteiger partial charge >= 0.3 is 16.1 Å². The number of rotatable bonds is 5. The van der Waals surface area contributed by atoms with E-state index < -0.39 is 16.1 Å². The van der Waals surface area contributed by atoms with Crippen LogP contribution in [-0.4, -0.2) is 22.3 Å². The molecular formula is C2H6ClO6P2+. The van der Waals surface area contributed by atoms with Crippen LogP contribution in [0.15, 0.2) is 0 Å². The highest BCUT2D eigenvalue weighted by Gasteiger charge is 2.34. The lowest BCUT2D eigenvalue weighted by atomic mass is 10.9. The first-order valence-corrected chi connectivity index (χ1v) is 5.53. The summed E-state index contributed by atoms with van der Waals surface area (Å²) in [6, 6.07) is 0. The minimum Gasteiger partial charge on any atom is -0.300 e. The van der Waals surface area contributed by atoms with Crippen molar-refractivity contribution >= 4 is 27.7 Å². The lowest BCUT2D eigenvalue weighted by Crippen LogP contribution is -1.93. The smallest absolute Gasteiger partial charge is 0.300 e. The minimum absolute atomic E-state index is 0.00385. The van der Waals surface area contributed by atoms with Crippen LogP contribution >= 0.6 is 27.7 Å². The maximum absolute atomic E-state index is 10.5. The van der Waals surface area contributed by atoms with Crippen molar-refractivity contribution in [2.75, 3.05) is 12.5 Å². The summed E-state index contributed by atoms with van der Waals surface area (Å²) in [5, 5.41) is 0. The van der Waals surface area contributed by atoms with Gasteiger partial charge in [-0.2, -0.15) is 0 Å². The molecule has 0 saturated heterocycles. The summed E-state index contributed by atoms with van der Waals surface area (Å²) in [4.78, 5) is 16.6. The molecule has 0 aliphatic carbocycles. The van der Waals surface area contributed by atoms with E-state index >= 15 is 0 Å². The van der Waals surface area contributed by atoms with E-state index in [1.165, 1.54) is 0 Å². The third kappa shape index (κ3) is 6.84. The van der Waals surface area contributed by atoms with Gasteiger partial charge in [-0.1, -0.05) is 0 Å². The predicted octanol–water partition coefficient (Wildman–Crippen LogP) is 1.01. The molecule has 0 heterocycles. The topological polar surface area (TPSA) is 93.1 Å². The van der Waals surface area contributed by atoms with Crippen molar-refractivity contribution < 1.29 is 27.8 Å². The van der Waals surface area contributed by atoms with Gasteiger partial charge in [0, 0.05) is 10.4 Å². The van der Waals surface area contributed by atoms with E-state index in [0.717, 1.165) is 0 Å². The van der Waals surface area contributed by atoms with Crippen LogP contribution in [0.5, 0.6) is 0 Å². The van der Waals surface area contributed by atoms with Gasteiger partial charge < -0.3 is 0 Å². The molecule has 2 atom stereocenters. The second kappa shape index (κ2) is 5.17. The van der Waals surface area contributed by atoms with Crippen molar-refractivity contribution in [2.45, 2.75) is 0 Å². The van der Waals surface area contributed by atoms with Gasteiger partial charge in [-0.3, -0.25) is 9.42 Å². The highest BCUT2D eigenvalue weighted by atomic mass is 35.5. The van der Waals surface area contributed by atoms with E-state index in [4.69, 9.17) is 21.4 Å². The summed E-state index contributed by atoms with van der Waals surface area (Å²) < 4.78 is 28.1. The quantitative estimate of drug-likeness (QED) is 0.534. The Bertz CT molecular complexity index is 181. The first-order valence-electron chi connectivity index (χ1n) is 2.37. The van der Waals surface area contributed by atoms with Gasteiger partial charge in [-0.25, -0.2) is 4.57 Å². The molecule has 0 aromatic heterocycles. The number of hydrogen-bond donors (Lipinski definition) is 2. The zero-order valence-electron chi connectivity index (χ0n) is 5.21. The van der Waals surface area contributed by atoms with E-state index in [9.17, 15) is 9.13 Å². The standard InChI is InChI=1S/C2H5ClO6P2/c3-1-2-8-11(6,7)9-10(4)5/h1-2H2,(H-,4,5,6,7)/p+1. The van der Waals surface area contributed by atoms with Crippen LogP contribution in [0.2, 0.25) is 0 Å². The molecule has 0 aliphatic heterocycles. The highest BCUT2D eigenvalue weighted by molar-refractivity contribution is 7.55. The van der Waals surface area contributed by atoms with E-state index in [1.54, 1.807) is 0 Å². The Hall–Kier alpha value is 0.460. The van der Waals surface area contributed by atoms with Crippen LogP contribution in [0.1, 0.15) is 0 Å². The molecule has 0 aromatic rings. The molecule has 0 bridgehead atoms. The van der Waals surface area contributed by atoms with Gasteiger partial charge in [0.2, 0.25) is 0 Å². The predicted molar refractivity (Wildman–Crippen MR) is 37.4 cm³/mol. The van der Waals surface area contributed by atoms with E-state index in [0.29, 0.717) is 0 Å². The third-order valence-electron chi connectivity index (χ3n) is 0.505. The number of hydrogen-bond acceptors (Lipinski definition) is 4. The molecule has 0 rings (SSSR count). The number of alkyl halides is 1. The van der Waals surface area contributed by atoms with E-state index in [1.807, 2.05) is 0 Å². The second-order valence-corrected chi connectivity index (χ2v) is 4.01. The Morgan fingerprint density at radius 2 is 2.18 bits per heavy atom. The van der Waals surface area contributed by atoms with Crippen molar-refractivity contribution in [3.8, 4) is 0 Å². The molecule has 0 aromatic carbocycles.